The van der Waals surface area contributed by atoms with Gasteiger partial charge in [0.15, 0.2) is 4.77 Å². The Balaban J connectivity index is 1.65. The van der Waals surface area contributed by atoms with Crippen LogP contribution in [0.1, 0.15) is 26.3 Å². The number of H-pyrrole nitrogens is 1. The highest BCUT2D eigenvalue weighted by molar-refractivity contribution is 7.71. The van der Waals surface area contributed by atoms with E-state index in [4.69, 9.17) is 21.7 Å². The molecular weight excluding hydrogens is 426 g/mol. The number of rotatable bonds is 6. The molecule has 0 fully saturated rings. The van der Waals surface area contributed by atoms with E-state index in [1.807, 2.05) is 34.9 Å². The first-order chi connectivity index (χ1) is 15.5. The number of fused-ring (bicyclic) bond motifs is 1. The zero-order chi connectivity index (χ0) is 22.7. The van der Waals surface area contributed by atoms with Gasteiger partial charge in [-0.05, 0) is 54.7 Å². The van der Waals surface area contributed by atoms with Gasteiger partial charge in [0, 0.05) is 16.8 Å². The predicted octanol–water partition coefficient (Wildman–Crippen LogP) is 4.79. The Morgan fingerprint density at radius 3 is 2.59 bits per heavy atom. The quantitative estimate of drug-likeness (QED) is 0.328. The molecule has 162 valence electrons. The summed E-state index contributed by atoms with van der Waals surface area (Å²) in [6, 6.07) is 19.7. The van der Waals surface area contributed by atoms with Crippen molar-refractivity contribution in [1.82, 2.24) is 9.55 Å². The van der Waals surface area contributed by atoms with Gasteiger partial charge in [0.1, 0.15) is 5.75 Å². The van der Waals surface area contributed by atoms with Gasteiger partial charge in [-0.2, -0.15) is 0 Å². The fourth-order valence-electron chi connectivity index (χ4n) is 3.50. The SMILES string of the molecule is COC(=O)c1cccc(NC(=O)c2ccc3[nH]c(=S)n(Cc4ccccc4OC)c3c2)c1. The van der Waals surface area contributed by atoms with E-state index in [0.717, 1.165) is 22.3 Å². The van der Waals surface area contributed by atoms with Crippen molar-refractivity contribution in [3.05, 3.63) is 88.2 Å². The van der Waals surface area contributed by atoms with Crippen LogP contribution in [0.15, 0.2) is 66.7 Å². The lowest BCUT2D eigenvalue weighted by Crippen LogP contribution is -2.13. The van der Waals surface area contributed by atoms with Crippen LogP contribution >= 0.6 is 12.2 Å². The summed E-state index contributed by atoms with van der Waals surface area (Å²) in [7, 11) is 2.94. The second-order valence-electron chi connectivity index (χ2n) is 7.09. The van der Waals surface area contributed by atoms with Crippen LogP contribution in [0.3, 0.4) is 0 Å². The van der Waals surface area contributed by atoms with Crippen molar-refractivity contribution in [3.63, 3.8) is 0 Å². The molecule has 0 spiro atoms. The van der Waals surface area contributed by atoms with Crippen LogP contribution in [0.5, 0.6) is 5.75 Å². The van der Waals surface area contributed by atoms with Crippen molar-refractivity contribution in [2.24, 2.45) is 0 Å². The number of esters is 1. The number of benzene rings is 3. The third-order valence-corrected chi connectivity index (χ3v) is 5.42. The molecular formula is C24H21N3O4S. The first-order valence-electron chi connectivity index (χ1n) is 9.84. The van der Waals surface area contributed by atoms with E-state index in [2.05, 4.69) is 10.3 Å². The summed E-state index contributed by atoms with van der Waals surface area (Å²) in [5.41, 5.74) is 3.92. The summed E-state index contributed by atoms with van der Waals surface area (Å²) in [6.45, 7) is 0.495. The van der Waals surface area contributed by atoms with E-state index >= 15 is 0 Å². The van der Waals surface area contributed by atoms with Gasteiger partial charge in [-0.1, -0.05) is 24.3 Å². The predicted molar refractivity (Wildman–Crippen MR) is 125 cm³/mol. The van der Waals surface area contributed by atoms with Crippen LogP contribution in [0.25, 0.3) is 11.0 Å². The fraction of sp³-hybridized carbons (Fsp3) is 0.125. The zero-order valence-corrected chi connectivity index (χ0v) is 18.4. The molecule has 4 rings (SSSR count). The fourth-order valence-corrected chi connectivity index (χ4v) is 3.77. The molecule has 0 aliphatic rings. The Labute approximate surface area is 189 Å². The van der Waals surface area contributed by atoms with Crippen LogP contribution in [0.2, 0.25) is 0 Å². The summed E-state index contributed by atoms with van der Waals surface area (Å²) in [4.78, 5) is 27.8. The lowest BCUT2D eigenvalue weighted by molar-refractivity contribution is 0.0600. The smallest absolute Gasteiger partial charge is 0.337 e. The number of carbonyl (C=O) groups is 2. The third kappa shape index (κ3) is 4.26. The second kappa shape index (κ2) is 9.07. The van der Waals surface area contributed by atoms with E-state index < -0.39 is 5.97 Å². The van der Waals surface area contributed by atoms with Gasteiger partial charge >= 0.3 is 5.97 Å². The molecule has 0 bridgehead atoms. The lowest BCUT2D eigenvalue weighted by atomic mass is 10.1. The average molecular weight is 448 g/mol. The molecule has 0 saturated carbocycles. The van der Waals surface area contributed by atoms with Crippen LogP contribution in [-0.4, -0.2) is 35.6 Å². The zero-order valence-electron chi connectivity index (χ0n) is 17.5. The molecule has 0 aliphatic heterocycles. The number of imidazole rings is 1. The van der Waals surface area contributed by atoms with Crippen LogP contribution in [-0.2, 0) is 11.3 Å². The molecule has 2 N–H and O–H groups in total. The number of amides is 1. The first-order valence-corrected chi connectivity index (χ1v) is 10.2. The van der Waals surface area contributed by atoms with Crippen molar-refractivity contribution in [3.8, 4) is 5.75 Å². The van der Waals surface area contributed by atoms with Gasteiger partial charge < -0.3 is 24.3 Å². The number of nitrogens with one attached hydrogen (secondary N) is 2. The molecule has 0 aliphatic carbocycles. The molecule has 4 aromatic rings. The molecule has 32 heavy (non-hydrogen) atoms. The monoisotopic (exact) mass is 447 g/mol. The number of hydrogen-bond acceptors (Lipinski definition) is 5. The molecule has 0 atom stereocenters. The van der Waals surface area contributed by atoms with Gasteiger partial charge in [0.05, 0.1) is 37.4 Å². The van der Waals surface area contributed by atoms with E-state index in [1.165, 1.54) is 7.11 Å². The average Bonchev–Trinajstić information content (AvgIpc) is 3.13. The second-order valence-corrected chi connectivity index (χ2v) is 7.47. The first kappa shape index (κ1) is 21.3. The van der Waals surface area contributed by atoms with E-state index in [1.54, 1.807) is 43.5 Å². The number of aromatic nitrogens is 2. The summed E-state index contributed by atoms with van der Waals surface area (Å²) >= 11 is 5.52. The molecule has 1 amide bonds. The van der Waals surface area contributed by atoms with Crippen molar-refractivity contribution in [1.29, 1.82) is 0 Å². The minimum atomic E-state index is -0.467. The molecule has 8 heteroatoms. The summed E-state index contributed by atoms with van der Waals surface area (Å²) in [6.07, 6.45) is 0. The molecule has 3 aromatic carbocycles. The minimum Gasteiger partial charge on any atom is -0.496 e. The van der Waals surface area contributed by atoms with Crippen LogP contribution in [0.4, 0.5) is 5.69 Å². The maximum absolute atomic E-state index is 12.9. The normalized spacial score (nSPS) is 10.7. The molecule has 7 nitrogen and oxygen atoms in total. The summed E-state index contributed by atoms with van der Waals surface area (Å²) in [5, 5.41) is 2.82. The van der Waals surface area contributed by atoms with Gasteiger partial charge in [0.2, 0.25) is 0 Å². The Hall–Kier alpha value is -3.91. The van der Waals surface area contributed by atoms with Gasteiger partial charge in [0.25, 0.3) is 5.91 Å². The molecule has 1 aromatic heterocycles. The Kier molecular flexibility index (Phi) is 6.04. The van der Waals surface area contributed by atoms with Crippen molar-refractivity contribution in [2.45, 2.75) is 6.54 Å². The lowest BCUT2D eigenvalue weighted by Gasteiger charge is -2.10. The van der Waals surface area contributed by atoms with Crippen LogP contribution in [0, 0.1) is 4.77 Å². The number of methoxy groups -OCH3 is 2. The molecule has 1 heterocycles. The topological polar surface area (TPSA) is 85.4 Å². The summed E-state index contributed by atoms with van der Waals surface area (Å²) in [5.74, 6) is -0.00166. The Morgan fingerprint density at radius 1 is 1.00 bits per heavy atom. The highest BCUT2D eigenvalue weighted by Crippen LogP contribution is 2.23. The van der Waals surface area contributed by atoms with Gasteiger partial charge in [-0.3, -0.25) is 4.79 Å². The third-order valence-electron chi connectivity index (χ3n) is 5.10. The van der Waals surface area contributed by atoms with Crippen molar-refractivity contribution >= 4 is 40.8 Å². The van der Waals surface area contributed by atoms with Crippen LogP contribution < -0.4 is 10.1 Å². The highest BCUT2D eigenvalue weighted by atomic mass is 32.1. The number of ether oxygens (including phenoxy) is 2. The van der Waals surface area contributed by atoms with E-state index in [-0.39, 0.29) is 5.91 Å². The largest absolute Gasteiger partial charge is 0.496 e. The van der Waals surface area contributed by atoms with E-state index in [0.29, 0.717) is 28.1 Å². The number of anilines is 1. The number of aromatic amines is 1. The Bertz CT molecular complexity index is 1370. The summed E-state index contributed by atoms with van der Waals surface area (Å²) < 4.78 is 12.7. The molecule has 0 radical (unpaired) electrons. The maximum atomic E-state index is 12.9. The van der Waals surface area contributed by atoms with Gasteiger partial charge in [-0.15, -0.1) is 0 Å². The molecule has 0 saturated heterocycles. The van der Waals surface area contributed by atoms with E-state index in [9.17, 15) is 9.59 Å². The van der Waals surface area contributed by atoms with Gasteiger partial charge in [-0.25, -0.2) is 4.79 Å². The molecule has 0 unspecified atom stereocenters. The number of hydrogen-bond donors (Lipinski definition) is 2. The Morgan fingerprint density at radius 2 is 1.81 bits per heavy atom. The van der Waals surface area contributed by atoms with Crippen molar-refractivity contribution in [2.75, 3.05) is 19.5 Å². The minimum absolute atomic E-state index is 0.301. The standard InChI is InChI=1S/C24H21N3O4S/c1-30-21-9-4-3-6-17(21)14-27-20-13-15(10-11-19(20)26-24(27)32)22(28)25-18-8-5-7-16(12-18)23(29)31-2/h3-13H,14H2,1-2H3,(H,25,28)(H,26,32). The number of nitrogens with zero attached hydrogens (tertiary/aromatic N) is 1. The maximum Gasteiger partial charge on any atom is 0.337 e. The van der Waals surface area contributed by atoms with Crippen molar-refractivity contribution < 1.29 is 19.1 Å². The number of para-hydroxylation sites is 1. The highest BCUT2D eigenvalue weighted by Gasteiger charge is 2.13. The number of carbonyl (C=O) groups excluding carboxylic acids is 2.